The average Bonchev–Trinajstić information content (AvgIpc) is 2.76. The van der Waals surface area contributed by atoms with Gasteiger partial charge in [0, 0.05) is 39.6 Å². The summed E-state index contributed by atoms with van der Waals surface area (Å²) in [6.07, 6.45) is 0.686. The Morgan fingerprint density at radius 2 is 2.15 bits per heavy atom. The third-order valence-corrected chi connectivity index (χ3v) is 5.25. The van der Waals surface area contributed by atoms with Crippen LogP contribution in [0.1, 0.15) is 36.3 Å². The van der Waals surface area contributed by atoms with E-state index in [9.17, 15) is 9.00 Å². The highest BCUT2D eigenvalue weighted by Gasteiger charge is 2.19. The van der Waals surface area contributed by atoms with Gasteiger partial charge in [-0.05, 0) is 27.3 Å². The van der Waals surface area contributed by atoms with Gasteiger partial charge >= 0.3 is 0 Å². The van der Waals surface area contributed by atoms with Crippen molar-refractivity contribution in [2.75, 3.05) is 18.8 Å². The molecule has 0 saturated carbocycles. The van der Waals surface area contributed by atoms with Crippen molar-refractivity contribution in [3.05, 3.63) is 16.1 Å². The number of thiazole rings is 1. The van der Waals surface area contributed by atoms with E-state index in [2.05, 4.69) is 10.3 Å². The fraction of sp³-hybridized carbons (Fsp3) is 0.667. The number of halogens is 1. The molecule has 0 spiro atoms. The van der Waals surface area contributed by atoms with Crippen LogP contribution in [0.3, 0.4) is 0 Å². The van der Waals surface area contributed by atoms with E-state index in [-0.39, 0.29) is 23.1 Å². The van der Waals surface area contributed by atoms with Gasteiger partial charge in [-0.25, -0.2) is 4.98 Å². The van der Waals surface area contributed by atoms with E-state index in [1.54, 1.807) is 5.38 Å². The standard InChI is InChI=1S/C12H21N3O2S2.ClH/c1-12(2,3)19(17)7-6-14-11(16)9-8-18-10(15-9)4-5-13;/h8H,4-7,13H2,1-3H3,(H,14,16);1H. The second-order valence-corrected chi connectivity index (χ2v) is 8.35. The topological polar surface area (TPSA) is 85.1 Å². The summed E-state index contributed by atoms with van der Waals surface area (Å²) in [5.74, 6) is 0.236. The molecule has 0 saturated heterocycles. The molecule has 116 valence electrons. The minimum absolute atomic E-state index is 0. The van der Waals surface area contributed by atoms with Gasteiger partial charge in [0.25, 0.3) is 5.91 Å². The first kappa shape index (κ1) is 19.5. The predicted octanol–water partition coefficient (Wildman–Crippen LogP) is 1.34. The highest BCUT2D eigenvalue weighted by Crippen LogP contribution is 2.11. The number of nitrogens with two attached hydrogens (primary N) is 1. The molecule has 1 amide bonds. The maximum Gasteiger partial charge on any atom is 0.270 e. The largest absolute Gasteiger partial charge is 0.350 e. The number of amides is 1. The molecule has 8 heteroatoms. The van der Waals surface area contributed by atoms with Crippen molar-refractivity contribution in [1.82, 2.24) is 10.3 Å². The van der Waals surface area contributed by atoms with E-state index < -0.39 is 10.8 Å². The van der Waals surface area contributed by atoms with Gasteiger partial charge in [-0.3, -0.25) is 9.00 Å². The van der Waals surface area contributed by atoms with E-state index in [0.717, 1.165) is 5.01 Å². The zero-order chi connectivity index (χ0) is 14.5. The van der Waals surface area contributed by atoms with Gasteiger partial charge in [-0.1, -0.05) is 0 Å². The Labute approximate surface area is 132 Å². The van der Waals surface area contributed by atoms with Crippen molar-refractivity contribution in [3.8, 4) is 0 Å². The summed E-state index contributed by atoms with van der Waals surface area (Å²) in [7, 11) is -0.957. The van der Waals surface area contributed by atoms with E-state index >= 15 is 0 Å². The number of rotatable bonds is 6. The SMILES string of the molecule is CC(C)(C)S(=O)CCNC(=O)c1csc(CCN)n1.Cl. The number of hydrogen-bond donors (Lipinski definition) is 2. The lowest BCUT2D eigenvalue weighted by Crippen LogP contribution is -2.32. The fourth-order valence-corrected chi connectivity index (χ4v) is 3.00. The summed E-state index contributed by atoms with van der Waals surface area (Å²) in [5.41, 5.74) is 5.84. The molecule has 0 fully saturated rings. The quantitative estimate of drug-likeness (QED) is 0.819. The average molecular weight is 340 g/mol. The number of aromatic nitrogens is 1. The third kappa shape index (κ3) is 6.30. The van der Waals surface area contributed by atoms with Crippen molar-refractivity contribution >= 4 is 40.5 Å². The lowest BCUT2D eigenvalue weighted by atomic mass is 10.3. The molecule has 1 heterocycles. The Kier molecular flexibility index (Phi) is 8.50. The molecule has 1 rings (SSSR count). The first-order chi connectivity index (χ1) is 8.84. The van der Waals surface area contributed by atoms with Crippen molar-refractivity contribution in [3.63, 3.8) is 0 Å². The smallest absolute Gasteiger partial charge is 0.270 e. The summed E-state index contributed by atoms with van der Waals surface area (Å²) < 4.78 is 11.6. The molecule has 1 atom stereocenters. The van der Waals surface area contributed by atoms with Crippen molar-refractivity contribution in [2.45, 2.75) is 31.9 Å². The Bertz CT molecular complexity index is 458. The maximum atomic E-state index is 11.8. The van der Waals surface area contributed by atoms with Crippen LogP contribution in [0.5, 0.6) is 0 Å². The Balaban J connectivity index is 0.00000361. The monoisotopic (exact) mass is 339 g/mol. The van der Waals surface area contributed by atoms with Crippen LogP contribution in [0.15, 0.2) is 5.38 Å². The Morgan fingerprint density at radius 3 is 2.70 bits per heavy atom. The van der Waals surface area contributed by atoms with Gasteiger partial charge in [-0.2, -0.15) is 0 Å². The lowest BCUT2D eigenvalue weighted by molar-refractivity contribution is 0.0951. The number of carbonyl (C=O) groups excluding carboxylic acids is 1. The molecule has 0 aliphatic heterocycles. The highest BCUT2D eigenvalue weighted by atomic mass is 35.5. The molecule has 0 radical (unpaired) electrons. The molecule has 0 aliphatic rings. The molecular weight excluding hydrogens is 318 g/mol. The molecule has 20 heavy (non-hydrogen) atoms. The van der Waals surface area contributed by atoms with Crippen LogP contribution in [0.25, 0.3) is 0 Å². The molecule has 1 aromatic rings. The summed E-state index contributed by atoms with van der Waals surface area (Å²) in [4.78, 5) is 16.0. The van der Waals surface area contributed by atoms with E-state index in [4.69, 9.17) is 5.73 Å². The number of carbonyl (C=O) groups is 1. The normalized spacial score (nSPS) is 12.6. The van der Waals surface area contributed by atoms with E-state index in [1.807, 2.05) is 20.8 Å². The molecule has 0 aromatic carbocycles. The van der Waals surface area contributed by atoms with Gasteiger partial charge < -0.3 is 11.1 Å². The zero-order valence-electron chi connectivity index (χ0n) is 12.0. The van der Waals surface area contributed by atoms with Crippen molar-refractivity contribution in [1.29, 1.82) is 0 Å². The summed E-state index contributed by atoms with van der Waals surface area (Å²) in [6, 6.07) is 0. The molecule has 0 bridgehead atoms. The van der Waals surface area contributed by atoms with Gasteiger partial charge in [0.15, 0.2) is 0 Å². The minimum atomic E-state index is -0.957. The van der Waals surface area contributed by atoms with Crippen LogP contribution in [0, 0.1) is 0 Å². The first-order valence-corrected chi connectivity index (χ1v) is 8.35. The second-order valence-electron chi connectivity index (χ2n) is 5.08. The lowest BCUT2D eigenvalue weighted by Gasteiger charge is -2.17. The third-order valence-electron chi connectivity index (χ3n) is 2.40. The summed E-state index contributed by atoms with van der Waals surface area (Å²) >= 11 is 1.43. The predicted molar refractivity (Wildman–Crippen MR) is 87.2 cm³/mol. The van der Waals surface area contributed by atoms with Gasteiger partial charge in [0.1, 0.15) is 5.69 Å². The summed E-state index contributed by atoms with van der Waals surface area (Å²) in [6.45, 7) is 6.69. The number of nitrogens with one attached hydrogen (secondary N) is 1. The van der Waals surface area contributed by atoms with Gasteiger partial charge in [0.05, 0.1) is 5.01 Å². The molecule has 3 N–H and O–H groups in total. The van der Waals surface area contributed by atoms with Crippen LogP contribution in [0.4, 0.5) is 0 Å². The van der Waals surface area contributed by atoms with Crippen LogP contribution >= 0.6 is 23.7 Å². The van der Waals surface area contributed by atoms with E-state index in [1.165, 1.54) is 11.3 Å². The van der Waals surface area contributed by atoms with Crippen molar-refractivity contribution in [2.24, 2.45) is 5.73 Å². The molecule has 5 nitrogen and oxygen atoms in total. The van der Waals surface area contributed by atoms with Gasteiger partial charge in [-0.15, -0.1) is 23.7 Å². The maximum absolute atomic E-state index is 11.8. The van der Waals surface area contributed by atoms with Crippen LogP contribution in [-0.2, 0) is 17.2 Å². The zero-order valence-corrected chi connectivity index (χ0v) is 14.4. The molecule has 1 aromatic heterocycles. The van der Waals surface area contributed by atoms with Crippen LogP contribution < -0.4 is 11.1 Å². The van der Waals surface area contributed by atoms with Gasteiger partial charge in [0.2, 0.25) is 0 Å². The summed E-state index contributed by atoms with van der Waals surface area (Å²) in [5, 5.41) is 5.33. The highest BCUT2D eigenvalue weighted by molar-refractivity contribution is 7.86. The fourth-order valence-electron chi connectivity index (χ4n) is 1.31. The van der Waals surface area contributed by atoms with Crippen molar-refractivity contribution < 1.29 is 9.00 Å². The Morgan fingerprint density at radius 1 is 1.50 bits per heavy atom. The first-order valence-electron chi connectivity index (χ1n) is 6.15. The van der Waals surface area contributed by atoms with Crippen LogP contribution in [-0.4, -0.2) is 38.7 Å². The second kappa shape index (κ2) is 8.71. The number of nitrogens with zero attached hydrogens (tertiary/aromatic N) is 1. The molecule has 1 unspecified atom stereocenters. The molecular formula is C12H22ClN3O2S2. The van der Waals surface area contributed by atoms with Crippen LogP contribution in [0.2, 0.25) is 0 Å². The number of hydrogen-bond acceptors (Lipinski definition) is 5. The minimum Gasteiger partial charge on any atom is -0.350 e. The van der Waals surface area contributed by atoms with E-state index in [0.29, 0.717) is 31.0 Å². The molecule has 0 aliphatic carbocycles. The Hall–Kier alpha value is -0.500.